The van der Waals surface area contributed by atoms with Crippen LogP contribution in [0.5, 0.6) is 40.2 Å². The van der Waals surface area contributed by atoms with Gasteiger partial charge in [-0.1, -0.05) is 18.7 Å². The zero-order valence-corrected chi connectivity index (χ0v) is 32.2. The van der Waals surface area contributed by atoms with Crippen LogP contribution in [0.3, 0.4) is 0 Å². The number of phenols is 2. The molecule has 13 nitrogen and oxygen atoms in total. The van der Waals surface area contributed by atoms with Crippen molar-refractivity contribution in [3.05, 3.63) is 75.4 Å². The van der Waals surface area contributed by atoms with E-state index in [2.05, 4.69) is 33.8 Å². The van der Waals surface area contributed by atoms with Gasteiger partial charge in [0.1, 0.15) is 25.0 Å². The van der Waals surface area contributed by atoms with Gasteiger partial charge in [0.25, 0.3) is 0 Å². The fourth-order valence-corrected chi connectivity index (χ4v) is 11.9. The number of aromatic hydroxyl groups is 2. The van der Waals surface area contributed by atoms with Gasteiger partial charge >= 0.3 is 5.97 Å². The predicted molar refractivity (Wildman–Crippen MR) is 202 cm³/mol. The molecule has 7 aliphatic rings. The van der Waals surface area contributed by atoms with Gasteiger partial charge in [-0.15, -0.1) is 11.8 Å². The van der Waals surface area contributed by atoms with Crippen LogP contribution in [0, 0.1) is 25.2 Å². The van der Waals surface area contributed by atoms with Gasteiger partial charge in [0.15, 0.2) is 40.0 Å². The normalized spacial score (nSPS) is 28.9. The number of thioether (sulfide) groups is 1. The zero-order chi connectivity index (χ0) is 38.5. The van der Waals surface area contributed by atoms with E-state index in [1.54, 1.807) is 37.1 Å². The fraction of sp³-hybridized carbons (Fsp3) is 0.463. The van der Waals surface area contributed by atoms with Crippen molar-refractivity contribution in [3.8, 4) is 46.3 Å². The summed E-state index contributed by atoms with van der Waals surface area (Å²) in [6.07, 6.45) is 2.82. The number of nitriles is 1. The van der Waals surface area contributed by atoms with E-state index in [0.29, 0.717) is 47.9 Å². The summed E-state index contributed by atoms with van der Waals surface area (Å²) in [5.74, 6) is 2.26. The number of fused-ring (bicyclic) bond motifs is 9. The SMILES string of the molecule is C=CCOc1c(C)c2c(c3c1[C@H]1SC[C@]4(NCCc5cc(O)c(OC)cc54)C(=O)OC[C@@H]3N3C1[C@H]1c4c(cc(C)c(OC)c4O)C[C@@H]([C@@H]3C#N)N1C)OCO2. The Labute approximate surface area is 323 Å². The molecule has 0 radical (unpaired) electrons. The third-order valence-corrected chi connectivity index (χ3v) is 14.0. The largest absolute Gasteiger partial charge is 0.504 e. The summed E-state index contributed by atoms with van der Waals surface area (Å²) in [6, 6.07) is 5.78. The van der Waals surface area contributed by atoms with Crippen LogP contribution in [0.4, 0.5) is 0 Å². The molecule has 1 unspecified atom stereocenters. The number of rotatable bonds is 5. The number of aryl methyl sites for hydroxylation is 1. The van der Waals surface area contributed by atoms with Crippen molar-refractivity contribution in [2.45, 2.75) is 67.7 Å². The number of carbonyl (C=O) groups is 1. The Morgan fingerprint density at radius 3 is 2.64 bits per heavy atom. The monoisotopic (exact) mass is 768 g/mol. The molecule has 0 amide bonds. The molecule has 2 saturated heterocycles. The van der Waals surface area contributed by atoms with Crippen LogP contribution in [0.1, 0.15) is 61.8 Å². The number of benzene rings is 3. The summed E-state index contributed by atoms with van der Waals surface area (Å²) in [5, 5.41) is 37.1. The minimum atomic E-state index is -1.31. The Kier molecular flexibility index (Phi) is 8.58. The lowest BCUT2D eigenvalue weighted by Crippen LogP contribution is -2.69. The highest BCUT2D eigenvalue weighted by molar-refractivity contribution is 7.99. The zero-order valence-electron chi connectivity index (χ0n) is 31.4. The number of esters is 1. The van der Waals surface area contributed by atoms with Gasteiger partial charge in [-0.2, -0.15) is 5.26 Å². The quantitative estimate of drug-likeness (QED) is 0.244. The van der Waals surface area contributed by atoms with E-state index in [0.717, 1.165) is 38.9 Å². The maximum absolute atomic E-state index is 14.8. The fourth-order valence-electron chi connectivity index (χ4n) is 10.2. The van der Waals surface area contributed by atoms with Crippen molar-refractivity contribution in [1.29, 1.82) is 5.26 Å². The number of piperazine rings is 1. The summed E-state index contributed by atoms with van der Waals surface area (Å²) in [6.45, 7) is 8.42. The Morgan fingerprint density at radius 2 is 1.89 bits per heavy atom. The second kappa shape index (κ2) is 13.2. The molecule has 55 heavy (non-hydrogen) atoms. The van der Waals surface area contributed by atoms with Gasteiger partial charge in [-0.3, -0.25) is 15.1 Å². The van der Waals surface area contributed by atoms with Crippen LogP contribution in [-0.2, 0) is 27.9 Å². The Bertz CT molecular complexity index is 2190. The van der Waals surface area contributed by atoms with Crippen LogP contribution in [0.25, 0.3) is 0 Å². The van der Waals surface area contributed by atoms with Crippen molar-refractivity contribution in [2.75, 3.05) is 53.6 Å². The predicted octanol–water partition coefficient (Wildman–Crippen LogP) is 4.63. The van der Waals surface area contributed by atoms with Gasteiger partial charge in [0.2, 0.25) is 6.79 Å². The highest BCUT2D eigenvalue weighted by Crippen LogP contribution is 2.64. The number of ether oxygens (including phenoxy) is 6. The summed E-state index contributed by atoms with van der Waals surface area (Å²) >= 11 is 1.57. The summed E-state index contributed by atoms with van der Waals surface area (Å²) in [5.41, 5.74) is 5.18. The number of hydrogen-bond acceptors (Lipinski definition) is 14. The van der Waals surface area contributed by atoms with Crippen LogP contribution >= 0.6 is 11.8 Å². The van der Waals surface area contributed by atoms with Gasteiger partial charge in [-0.25, -0.2) is 4.79 Å². The van der Waals surface area contributed by atoms with E-state index in [4.69, 9.17) is 28.4 Å². The number of carbonyl (C=O) groups excluding carboxylic acids is 1. The average Bonchev–Trinajstić information content (AvgIpc) is 3.67. The first-order valence-electron chi connectivity index (χ1n) is 18.5. The molecule has 0 aromatic heterocycles. The van der Waals surface area contributed by atoms with Crippen LogP contribution < -0.4 is 29.0 Å². The minimum absolute atomic E-state index is 0.00199. The van der Waals surface area contributed by atoms with E-state index in [9.17, 15) is 20.3 Å². The Balaban J connectivity index is 1.33. The van der Waals surface area contributed by atoms with Crippen LogP contribution in [0.2, 0.25) is 0 Å². The Morgan fingerprint density at radius 1 is 1.09 bits per heavy atom. The molecule has 1 spiro atoms. The van der Waals surface area contributed by atoms with Crippen molar-refractivity contribution in [2.24, 2.45) is 0 Å². The molecule has 0 saturated carbocycles. The third-order valence-electron chi connectivity index (χ3n) is 12.5. The van der Waals surface area contributed by atoms with E-state index in [1.165, 1.54) is 7.11 Å². The van der Waals surface area contributed by atoms with Crippen molar-refractivity contribution in [3.63, 3.8) is 0 Å². The molecule has 7 aliphatic heterocycles. The second-order valence-corrected chi connectivity index (χ2v) is 16.2. The lowest BCUT2D eigenvalue weighted by molar-refractivity contribution is -0.157. The molecular formula is C41H44N4O9S. The second-order valence-electron chi connectivity index (χ2n) is 15.1. The van der Waals surface area contributed by atoms with E-state index >= 15 is 0 Å². The molecule has 3 N–H and O–H groups in total. The first-order valence-corrected chi connectivity index (χ1v) is 19.6. The maximum Gasteiger partial charge on any atom is 0.331 e. The number of nitrogens with zero attached hydrogens (tertiary/aromatic N) is 3. The van der Waals surface area contributed by atoms with Gasteiger partial charge < -0.3 is 38.6 Å². The maximum atomic E-state index is 14.8. The van der Waals surface area contributed by atoms with Crippen molar-refractivity contribution < 1.29 is 43.4 Å². The van der Waals surface area contributed by atoms with Crippen LogP contribution in [-0.4, -0.2) is 97.7 Å². The van der Waals surface area contributed by atoms with Crippen LogP contribution in [0.15, 0.2) is 30.9 Å². The summed E-state index contributed by atoms with van der Waals surface area (Å²) in [7, 11) is 5.08. The molecule has 10 rings (SSSR count). The standard InChI is InChI=1S/C41H44N4O9S/c1-7-10-51-36-20(3)37-38(54-18-53-37)30-26-16-52-40(48)41(23-14-28(49-5)27(46)13-21(23)8-9-43-41)17-55-39(31(30)36)33-32-29-22(11-19(2)35(50-6)34(29)47)12-24(44(32)4)25(15-42)45(26)33/h7,11,13-14,24-26,32-33,39,43,46-47H,1,8-10,12,16-18H2,2-6H3/t24-,25-,26-,32+,33?,39+,41+/m0/s1. The van der Waals surface area contributed by atoms with E-state index in [-0.39, 0.29) is 49.0 Å². The molecular weight excluding hydrogens is 725 g/mol. The minimum Gasteiger partial charge on any atom is -0.504 e. The molecule has 288 valence electrons. The van der Waals surface area contributed by atoms with Gasteiger partial charge in [0.05, 0.1) is 37.6 Å². The molecule has 0 aliphatic carbocycles. The number of nitrogens with one attached hydrogen (secondary N) is 1. The number of hydrogen-bond donors (Lipinski definition) is 3. The lowest BCUT2D eigenvalue weighted by atomic mass is 9.71. The van der Waals surface area contributed by atoms with Gasteiger partial charge in [-0.05, 0) is 68.1 Å². The van der Waals surface area contributed by atoms with Crippen molar-refractivity contribution in [1.82, 2.24) is 15.1 Å². The topological polar surface area (TPSA) is 155 Å². The molecule has 7 heterocycles. The lowest BCUT2D eigenvalue weighted by Gasteiger charge is -2.62. The van der Waals surface area contributed by atoms with Gasteiger partial charge in [0, 0.05) is 46.6 Å². The highest BCUT2D eigenvalue weighted by Gasteiger charge is 2.61. The third kappa shape index (κ3) is 4.92. The van der Waals surface area contributed by atoms with E-state index < -0.39 is 40.9 Å². The molecule has 2 fully saturated rings. The number of phenolic OH excluding ortho intramolecular Hbond substituents is 2. The summed E-state index contributed by atoms with van der Waals surface area (Å²) in [4.78, 5) is 19.2. The molecule has 4 bridgehead atoms. The molecule has 14 heteroatoms. The number of likely N-dealkylation sites (N-methyl/N-ethyl adjacent to an activating group) is 1. The first-order chi connectivity index (χ1) is 26.6. The van der Waals surface area contributed by atoms with E-state index in [1.807, 2.05) is 20.9 Å². The smallest absolute Gasteiger partial charge is 0.331 e. The average molecular weight is 769 g/mol. The van der Waals surface area contributed by atoms with Crippen molar-refractivity contribution >= 4 is 17.7 Å². The summed E-state index contributed by atoms with van der Waals surface area (Å²) < 4.78 is 36.8. The molecule has 3 aromatic rings. The number of methoxy groups -OCH3 is 2. The molecule has 7 atom stereocenters. The highest BCUT2D eigenvalue weighted by atomic mass is 32.2. The first kappa shape index (κ1) is 35.9. The molecule has 3 aromatic carbocycles. The Hall–Kier alpha value is -4.81.